The van der Waals surface area contributed by atoms with Crippen molar-refractivity contribution in [3.05, 3.63) is 70.3 Å². The normalized spacial score (nSPS) is 20.6. The third-order valence-electron chi connectivity index (χ3n) is 5.58. The molecule has 29 heavy (non-hydrogen) atoms. The number of piperidine rings is 1. The first kappa shape index (κ1) is 21.4. The summed E-state index contributed by atoms with van der Waals surface area (Å²) in [5, 5.41) is 9.17. The molecular formula is C23H26F3NO2. The van der Waals surface area contributed by atoms with Crippen molar-refractivity contribution in [1.29, 1.82) is 0 Å². The van der Waals surface area contributed by atoms with Gasteiger partial charge in [-0.25, -0.2) is 0 Å². The van der Waals surface area contributed by atoms with E-state index in [-0.39, 0.29) is 18.4 Å². The van der Waals surface area contributed by atoms with E-state index in [1.807, 2.05) is 13.8 Å². The Morgan fingerprint density at radius 1 is 1.10 bits per heavy atom. The number of alkyl halides is 3. The van der Waals surface area contributed by atoms with Gasteiger partial charge in [-0.05, 0) is 62.4 Å². The molecule has 156 valence electrons. The molecule has 1 aliphatic rings. The minimum atomic E-state index is -4.37. The van der Waals surface area contributed by atoms with Crippen molar-refractivity contribution in [3.63, 3.8) is 0 Å². The maximum Gasteiger partial charge on any atom is 0.416 e. The summed E-state index contributed by atoms with van der Waals surface area (Å²) in [6, 6.07) is 11.6. The van der Waals surface area contributed by atoms with Crippen molar-refractivity contribution in [3.8, 4) is 0 Å². The van der Waals surface area contributed by atoms with Gasteiger partial charge in [0.05, 0.1) is 5.56 Å². The molecule has 1 saturated heterocycles. The summed E-state index contributed by atoms with van der Waals surface area (Å²) in [5.74, 6) is -0.806. The molecule has 0 spiro atoms. The molecule has 3 nitrogen and oxygen atoms in total. The van der Waals surface area contributed by atoms with Gasteiger partial charge < -0.3 is 5.11 Å². The minimum Gasteiger partial charge on any atom is -0.481 e. The van der Waals surface area contributed by atoms with Crippen molar-refractivity contribution in [2.75, 3.05) is 6.54 Å². The zero-order valence-electron chi connectivity index (χ0n) is 16.7. The molecule has 0 aromatic heterocycles. The van der Waals surface area contributed by atoms with E-state index in [0.717, 1.165) is 36.2 Å². The highest BCUT2D eigenvalue weighted by atomic mass is 19.4. The maximum atomic E-state index is 12.9. The number of likely N-dealkylation sites (tertiary alicyclic amines) is 1. The van der Waals surface area contributed by atoms with Gasteiger partial charge in [0.15, 0.2) is 0 Å². The van der Waals surface area contributed by atoms with Gasteiger partial charge in [-0.3, -0.25) is 9.69 Å². The van der Waals surface area contributed by atoms with E-state index < -0.39 is 17.7 Å². The molecule has 0 saturated carbocycles. The fraction of sp³-hybridized carbons (Fsp3) is 0.435. The Balaban J connectivity index is 1.86. The highest BCUT2D eigenvalue weighted by molar-refractivity contribution is 5.67. The Morgan fingerprint density at radius 3 is 2.28 bits per heavy atom. The van der Waals surface area contributed by atoms with Crippen LogP contribution in [0.15, 0.2) is 42.5 Å². The zero-order valence-corrected chi connectivity index (χ0v) is 16.7. The van der Waals surface area contributed by atoms with E-state index in [1.54, 1.807) is 0 Å². The highest BCUT2D eigenvalue weighted by Gasteiger charge is 2.33. The topological polar surface area (TPSA) is 40.5 Å². The second-order valence-electron chi connectivity index (χ2n) is 8.09. The number of hydrogen-bond donors (Lipinski definition) is 1. The van der Waals surface area contributed by atoms with E-state index >= 15 is 0 Å². The van der Waals surface area contributed by atoms with Crippen LogP contribution < -0.4 is 0 Å². The van der Waals surface area contributed by atoms with E-state index in [0.29, 0.717) is 13.0 Å². The van der Waals surface area contributed by atoms with Gasteiger partial charge in [0.1, 0.15) is 0 Å². The van der Waals surface area contributed by atoms with Crippen LogP contribution in [-0.4, -0.2) is 22.5 Å². The maximum absolute atomic E-state index is 12.9. The van der Waals surface area contributed by atoms with Crippen molar-refractivity contribution in [1.82, 2.24) is 4.90 Å². The number of rotatable bonds is 5. The lowest BCUT2D eigenvalue weighted by Crippen LogP contribution is -2.37. The Labute approximate surface area is 169 Å². The van der Waals surface area contributed by atoms with E-state index in [4.69, 9.17) is 0 Å². The number of nitrogens with zero attached hydrogens (tertiary/aromatic N) is 1. The molecule has 2 aromatic rings. The van der Waals surface area contributed by atoms with Crippen LogP contribution in [0.25, 0.3) is 0 Å². The van der Waals surface area contributed by atoms with Gasteiger partial charge in [-0.1, -0.05) is 41.5 Å². The van der Waals surface area contributed by atoms with Crippen LogP contribution in [0, 0.1) is 19.8 Å². The fourth-order valence-electron chi connectivity index (χ4n) is 4.34. The molecule has 2 aromatic carbocycles. The first-order chi connectivity index (χ1) is 13.6. The van der Waals surface area contributed by atoms with E-state index in [1.165, 1.54) is 23.3 Å². The third kappa shape index (κ3) is 5.60. The predicted molar refractivity (Wildman–Crippen MR) is 105 cm³/mol. The molecule has 1 N–H and O–H groups in total. The Bertz CT molecular complexity index is 841. The molecule has 0 unspecified atom stereocenters. The van der Waals surface area contributed by atoms with Crippen LogP contribution in [0.2, 0.25) is 0 Å². The standard InChI is InChI=1S/C23H26F3NO2/c1-15-9-16(2)11-18(10-15)14-27-8-7-17(13-22(28)29)12-21(27)19-3-5-20(6-4-19)23(24,25)26/h3-6,9-11,17,21H,7-8,12-14H2,1-2H3,(H,28,29)/t17-,21+/m1/s1. The summed E-state index contributed by atoms with van der Waals surface area (Å²) >= 11 is 0. The number of carboxylic acids is 1. The number of halogens is 3. The molecule has 0 amide bonds. The number of aryl methyl sites for hydroxylation is 2. The number of benzene rings is 2. The minimum absolute atomic E-state index is 0.0234. The summed E-state index contributed by atoms with van der Waals surface area (Å²) in [6.07, 6.45) is -2.87. The molecular weight excluding hydrogens is 379 g/mol. The number of hydrogen-bond acceptors (Lipinski definition) is 2. The average Bonchev–Trinajstić information content (AvgIpc) is 2.61. The lowest BCUT2D eigenvalue weighted by Gasteiger charge is -2.40. The molecule has 0 bridgehead atoms. The smallest absolute Gasteiger partial charge is 0.416 e. The van der Waals surface area contributed by atoms with Gasteiger partial charge in [0.2, 0.25) is 0 Å². The SMILES string of the molecule is Cc1cc(C)cc(CN2CC[C@@H](CC(=O)O)C[C@H]2c2ccc(C(F)(F)F)cc2)c1. The molecule has 2 atom stereocenters. The molecule has 1 heterocycles. The van der Waals surface area contributed by atoms with Crippen LogP contribution in [0.3, 0.4) is 0 Å². The van der Waals surface area contributed by atoms with Crippen LogP contribution >= 0.6 is 0 Å². The summed E-state index contributed by atoms with van der Waals surface area (Å²) in [6.45, 7) is 5.50. The van der Waals surface area contributed by atoms with Gasteiger partial charge in [-0.15, -0.1) is 0 Å². The molecule has 1 fully saturated rings. The molecule has 3 rings (SSSR count). The Morgan fingerprint density at radius 2 is 1.72 bits per heavy atom. The summed E-state index contributed by atoms with van der Waals surface area (Å²) in [4.78, 5) is 13.4. The fourth-order valence-corrected chi connectivity index (χ4v) is 4.34. The highest BCUT2D eigenvalue weighted by Crippen LogP contribution is 2.38. The van der Waals surface area contributed by atoms with Crippen molar-refractivity contribution >= 4 is 5.97 Å². The lowest BCUT2D eigenvalue weighted by molar-refractivity contribution is -0.139. The number of aliphatic carboxylic acids is 1. The average molecular weight is 405 g/mol. The first-order valence-corrected chi connectivity index (χ1v) is 9.82. The second kappa shape index (κ2) is 8.57. The number of carbonyl (C=O) groups is 1. The number of carboxylic acid groups (broad SMARTS) is 1. The van der Waals surface area contributed by atoms with Crippen LogP contribution in [0.4, 0.5) is 13.2 Å². The first-order valence-electron chi connectivity index (χ1n) is 9.82. The van der Waals surface area contributed by atoms with Crippen molar-refractivity contribution < 1.29 is 23.1 Å². The van der Waals surface area contributed by atoms with E-state index in [2.05, 4.69) is 23.1 Å². The van der Waals surface area contributed by atoms with Crippen LogP contribution in [0.1, 0.15) is 53.1 Å². The zero-order chi connectivity index (χ0) is 21.2. The van der Waals surface area contributed by atoms with Gasteiger partial charge >= 0.3 is 12.1 Å². The molecule has 0 aliphatic carbocycles. The quantitative estimate of drug-likeness (QED) is 0.689. The summed E-state index contributed by atoms with van der Waals surface area (Å²) < 4.78 is 38.8. The van der Waals surface area contributed by atoms with Crippen molar-refractivity contribution in [2.45, 2.75) is 51.9 Å². The van der Waals surface area contributed by atoms with Crippen molar-refractivity contribution in [2.24, 2.45) is 5.92 Å². The third-order valence-corrected chi connectivity index (χ3v) is 5.58. The second-order valence-corrected chi connectivity index (χ2v) is 8.09. The predicted octanol–water partition coefficient (Wildman–Crippen LogP) is 5.75. The van der Waals surface area contributed by atoms with Gasteiger partial charge in [0, 0.05) is 19.0 Å². The van der Waals surface area contributed by atoms with E-state index in [9.17, 15) is 23.1 Å². The van der Waals surface area contributed by atoms with Crippen LogP contribution in [0.5, 0.6) is 0 Å². The monoisotopic (exact) mass is 405 g/mol. The summed E-state index contributed by atoms with van der Waals surface area (Å²) in [5.41, 5.74) is 3.65. The Kier molecular flexibility index (Phi) is 6.32. The summed E-state index contributed by atoms with van der Waals surface area (Å²) in [7, 11) is 0. The molecule has 6 heteroatoms. The lowest BCUT2D eigenvalue weighted by atomic mass is 9.84. The largest absolute Gasteiger partial charge is 0.481 e. The Hall–Kier alpha value is -2.34. The molecule has 1 aliphatic heterocycles. The van der Waals surface area contributed by atoms with Gasteiger partial charge in [0.25, 0.3) is 0 Å². The molecule has 0 radical (unpaired) electrons. The van der Waals surface area contributed by atoms with Gasteiger partial charge in [-0.2, -0.15) is 13.2 Å². The van der Waals surface area contributed by atoms with Crippen LogP contribution in [-0.2, 0) is 17.5 Å².